The lowest BCUT2D eigenvalue weighted by molar-refractivity contribution is 1.21. The van der Waals surface area contributed by atoms with E-state index in [-0.39, 0.29) is 0 Å². The molecule has 1 aromatic rings. The average molecular weight is 367 g/mol. The summed E-state index contributed by atoms with van der Waals surface area (Å²) in [7, 11) is 0. The van der Waals surface area contributed by atoms with E-state index in [0.717, 1.165) is 9.81 Å². The van der Waals surface area contributed by atoms with E-state index in [4.69, 9.17) is 0 Å². The Hall–Kier alpha value is -0.420. The minimum absolute atomic E-state index is 0.833. The first-order chi connectivity index (χ1) is 10.3. The van der Waals surface area contributed by atoms with Gasteiger partial charge in [0.25, 0.3) is 0 Å². The van der Waals surface area contributed by atoms with Gasteiger partial charge in [0.2, 0.25) is 0 Å². The Bertz CT molecular complexity index is 589. The van der Waals surface area contributed by atoms with Crippen LogP contribution in [0.3, 0.4) is 0 Å². The van der Waals surface area contributed by atoms with Crippen LogP contribution in [0.25, 0.3) is 12.2 Å². The average Bonchev–Trinajstić information content (AvgIpc) is 2.52. The Morgan fingerprint density at radius 3 is 1.14 bits per heavy atom. The molecule has 0 amide bonds. The predicted octanol–water partition coefficient (Wildman–Crippen LogP) is 6.35. The second-order valence-corrected chi connectivity index (χ2v) is 6.65. The number of hydrogen-bond acceptors (Lipinski definition) is 4. The van der Waals surface area contributed by atoms with Crippen LogP contribution in [-0.2, 0) is 0 Å². The monoisotopic (exact) mass is 366 g/mol. The van der Waals surface area contributed by atoms with E-state index in [1.807, 2.05) is 12.2 Å². The molecule has 118 valence electrons. The van der Waals surface area contributed by atoms with E-state index >= 15 is 0 Å². The zero-order valence-electron chi connectivity index (χ0n) is 13.3. The maximum atomic E-state index is 4.33. The zero-order valence-corrected chi connectivity index (χ0v) is 16.8. The van der Waals surface area contributed by atoms with Crippen LogP contribution in [0, 0.1) is 27.7 Å². The van der Waals surface area contributed by atoms with Gasteiger partial charge in [-0.3, -0.25) is 0 Å². The summed E-state index contributed by atoms with van der Waals surface area (Å²) in [6, 6.07) is 0. The largest absolute Gasteiger partial charge is 0.150 e. The van der Waals surface area contributed by atoms with Crippen molar-refractivity contribution >= 4 is 62.7 Å². The summed E-state index contributed by atoms with van der Waals surface area (Å²) in [6.45, 7) is 8.60. The molecule has 0 unspecified atom stereocenters. The number of hydrogen-bond donors (Lipinski definition) is 4. The molecule has 0 fully saturated rings. The van der Waals surface area contributed by atoms with Crippen molar-refractivity contribution < 1.29 is 0 Å². The van der Waals surface area contributed by atoms with Crippen LogP contribution in [0.1, 0.15) is 33.4 Å². The van der Waals surface area contributed by atoms with Crippen molar-refractivity contribution in [3.8, 4) is 0 Å². The van der Waals surface area contributed by atoms with E-state index in [1.54, 1.807) is 10.8 Å². The van der Waals surface area contributed by atoms with Gasteiger partial charge in [0.1, 0.15) is 0 Å². The van der Waals surface area contributed by atoms with Crippen LogP contribution in [-0.4, -0.2) is 0 Å². The fraction of sp³-hybridized carbons (Fsp3) is 0.222. The second kappa shape index (κ2) is 9.02. The van der Waals surface area contributed by atoms with E-state index in [9.17, 15) is 0 Å². The molecule has 0 saturated heterocycles. The van der Waals surface area contributed by atoms with Gasteiger partial charge in [-0.05, 0) is 84.0 Å². The lowest BCUT2D eigenvalue weighted by Gasteiger charge is -2.17. The van der Waals surface area contributed by atoms with Gasteiger partial charge in [0.15, 0.2) is 0 Å². The van der Waals surface area contributed by atoms with Crippen LogP contribution < -0.4 is 0 Å². The van der Waals surface area contributed by atoms with Gasteiger partial charge in [-0.1, -0.05) is 12.2 Å². The molecule has 0 aliphatic rings. The van der Waals surface area contributed by atoms with Crippen LogP contribution in [0.5, 0.6) is 0 Å². The van der Waals surface area contributed by atoms with Crippen molar-refractivity contribution in [3.63, 3.8) is 0 Å². The molecule has 0 saturated carbocycles. The highest BCUT2D eigenvalue weighted by molar-refractivity contribution is 7.88. The van der Waals surface area contributed by atoms with Crippen LogP contribution in [0.2, 0.25) is 0 Å². The van der Waals surface area contributed by atoms with Gasteiger partial charge in [0, 0.05) is 9.81 Å². The Balaban J connectivity index is 3.45. The van der Waals surface area contributed by atoms with Gasteiger partial charge < -0.3 is 0 Å². The van der Waals surface area contributed by atoms with Crippen LogP contribution in [0.15, 0.2) is 32.8 Å². The summed E-state index contributed by atoms with van der Waals surface area (Å²) in [5.74, 6) is 0. The van der Waals surface area contributed by atoms with Gasteiger partial charge in [-0.15, -0.1) is 25.3 Å². The van der Waals surface area contributed by atoms with E-state index in [2.05, 4.69) is 90.4 Å². The summed E-state index contributed by atoms with van der Waals surface area (Å²) < 4.78 is 0. The van der Waals surface area contributed by atoms with Gasteiger partial charge in [-0.2, -0.15) is 25.3 Å². The molecule has 0 N–H and O–H groups in total. The highest BCUT2D eigenvalue weighted by Gasteiger charge is 2.11. The molecular weight excluding hydrogens is 344 g/mol. The first kappa shape index (κ1) is 19.6. The van der Waals surface area contributed by atoms with Crippen molar-refractivity contribution in [1.29, 1.82) is 0 Å². The highest BCUT2D eigenvalue weighted by Crippen LogP contribution is 2.29. The molecular formula is C18H22S4. The van der Waals surface area contributed by atoms with Crippen LogP contribution in [0.4, 0.5) is 0 Å². The Morgan fingerprint density at radius 1 is 0.636 bits per heavy atom. The predicted molar refractivity (Wildman–Crippen MR) is 116 cm³/mol. The summed E-state index contributed by atoms with van der Waals surface area (Å²) in [4.78, 5) is 1.67. The summed E-state index contributed by atoms with van der Waals surface area (Å²) in [5, 5.41) is 3.36. The molecule has 0 aliphatic carbocycles. The van der Waals surface area contributed by atoms with Crippen molar-refractivity contribution in [3.05, 3.63) is 66.2 Å². The molecule has 1 rings (SSSR count). The van der Waals surface area contributed by atoms with E-state index in [1.165, 1.54) is 33.4 Å². The first-order valence-electron chi connectivity index (χ1n) is 6.86. The third kappa shape index (κ3) is 4.79. The number of thiol groups is 4. The summed E-state index contributed by atoms with van der Waals surface area (Å²) >= 11 is 16.9. The van der Waals surface area contributed by atoms with Crippen molar-refractivity contribution in [2.45, 2.75) is 27.7 Å². The van der Waals surface area contributed by atoms with Gasteiger partial charge in [-0.25, -0.2) is 0 Å². The lowest BCUT2D eigenvalue weighted by Crippen LogP contribution is -1.99. The standard InChI is InChI=1S/C18H22S4/c1-11-12(2)18(8-6-16(22)10-20)14(4)13(3)17(11)7-5-15(21)9-19/h5-10,19-22H,1-4H3/b7-5?,8-6?,15-9-,16-10-. The summed E-state index contributed by atoms with van der Waals surface area (Å²) in [5.41, 5.74) is 7.57. The fourth-order valence-corrected chi connectivity index (χ4v) is 2.62. The van der Waals surface area contributed by atoms with Crippen molar-refractivity contribution in [1.82, 2.24) is 0 Å². The number of rotatable bonds is 4. The molecule has 0 spiro atoms. The minimum Gasteiger partial charge on any atom is -0.150 e. The maximum Gasteiger partial charge on any atom is 0.0101 e. The first-order valence-corrected chi connectivity index (χ1v) is 8.79. The van der Waals surface area contributed by atoms with E-state index in [0.29, 0.717) is 0 Å². The third-order valence-electron chi connectivity index (χ3n) is 3.85. The smallest absolute Gasteiger partial charge is 0.0101 e. The maximum absolute atomic E-state index is 4.33. The molecule has 0 nitrogen and oxygen atoms in total. The molecule has 0 bridgehead atoms. The summed E-state index contributed by atoms with van der Waals surface area (Å²) in [6.07, 6.45) is 8.14. The van der Waals surface area contributed by atoms with Gasteiger partial charge >= 0.3 is 0 Å². The molecule has 1 aromatic carbocycles. The molecule has 0 heterocycles. The molecule has 0 aliphatic heterocycles. The number of benzene rings is 1. The highest BCUT2D eigenvalue weighted by atomic mass is 32.1. The fourth-order valence-electron chi connectivity index (χ4n) is 2.29. The second-order valence-electron chi connectivity index (χ2n) is 5.10. The Labute approximate surface area is 156 Å². The van der Waals surface area contributed by atoms with Crippen molar-refractivity contribution in [2.24, 2.45) is 0 Å². The lowest BCUT2D eigenvalue weighted by atomic mass is 9.88. The minimum atomic E-state index is 0.833. The molecule has 4 heteroatoms. The molecule has 22 heavy (non-hydrogen) atoms. The Kier molecular flexibility index (Phi) is 8.04. The molecule has 0 atom stereocenters. The Morgan fingerprint density at radius 2 is 0.909 bits per heavy atom. The van der Waals surface area contributed by atoms with Crippen molar-refractivity contribution in [2.75, 3.05) is 0 Å². The van der Waals surface area contributed by atoms with Gasteiger partial charge in [0.05, 0.1) is 0 Å². The number of allylic oxidation sites excluding steroid dienone is 2. The topological polar surface area (TPSA) is 0 Å². The van der Waals surface area contributed by atoms with E-state index < -0.39 is 0 Å². The third-order valence-corrected chi connectivity index (χ3v) is 5.37. The quantitative estimate of drug-likeness (QED) is 0.346. The normalized spacial score (nSPS) is 13.6. The van der Waals surface area contributed by atoms with Crippen LogP contribution >= 0.6 is 50.5 Å². The molecule has 0 radical (unpaired) electrons. The molecule has 0 aromatic heterocycles. The SMILES string of the molecule is Cc1c(C)c(C=C/C(S)=C/S)c(C)c(C)c1C=C/C(S)=C/S. The zero-order chi connectivity index (χ0) is 16.9.